The number of carbonyl (C=O) groups is 2. The van der Waals surface area contributed by atoms with Crippen molar-refractivity contribution in [3.05, 3.63) is 12.2 Å². The van der Waals surface area contributed by atoms with E-state index in [1.807, 2.05) is 0 Å². The summed E-state index contributed by atoms with van der Waals surface area (Å²) >= 11 is 0. The van der Waals surface area contributed by atoms with Crippen LogP contribution < -0.4 is 5.32 Å². The van der Waals surface area contributed by atoms with E-state index in [0.717, 1.165) is 64.2 Å². The number of aliphatic hydroxyl groups is 2. The highest BCUT2D eigenvalue weighted by Gasteiger charge is 2.20. The minimum Gasteiger partial charge on any atom is -0.466 e. The van der Waals surface area contributed by atoms with Crippen molar-refractivity contribution in [2.24, 2.45) is 0 Å². The number of amides is 1. The van der Waals surface area contributed by atoms with E-state index in [1.165, 1.54) is 205 Å². The van der Waals surface area contributed by atoms with Gasteiger partial charge in [-0.25, -0.2) is 0 Å². The molecule has 0 rings (SSSR count). The van der Waals surface area contributed by atoms with Crippen LogP contribution in [-0.4, -0.2) is 47.4 Å². The minimum atomic E-state index is -0.672. The topological polar surface area (TPSA) is 95.9 Å². The molecule has 0 aromatic rings. The summed E-state index contributed by atoms with van der Waals surface area (Å²) in [7, 11) is 0. The number of nitrogens with one attached hydrogen (secondary N) is 1. The lowest BCUT2D eigenvalue weighted by atomic mass is 10.0. The van der Waals surface area contributed by atoms with Gasteiger partial charge in [0.15, 0.2) is 0 Å². The lowest BCUT2D eigenvalue weighted by molar-refractivity contribution is -0.143. The Morgan fingerprint density at radius 3 is 1.16 bits per heavy atom. The Morgan fingerprint density at radius 2 is 0.770 bits per heavy atom. The molecule has 2 atom stereocenters. The predicted octanol–water partition coefficient (Wildman–Crippen LogP) is 16.5. The first-order valence-corrected chi connectivity index (χ1v) is 27.4. The number of aliphatic hydroxyl groups excluding tert-OH is 2. The number of hydrogen-bond donors (Lipinski definition) is 3. The van der Waals surface area contributed by atoms with Crippen LogP contribution in [0.1, 0.15) is 303 Å². The summed E-state index contributed by atoms with van der Waals surface area (Å²) in [5, 5.41) is 23.1. The van der Waals surface area contributed by atoms with Crippen LogP contribution in [0, 0.1) is 0 Å². The fourth-order valence-corrected chi connectivity index (χ4v) is 8.58. The molecular weight excluding hydrogens is 755 g/mol. The summed E-state index contributed by atoms with van der Waals surface area (Å²) < 4.78 is 5.48. The van der Waals surface area contributed by atoms with E-state index >= 15 is 0 Å². The molecule has 61 heavy (non-hydrogen) atoms. The Labute approximate surface area is 380 Å². The molecule has 0 saturated heterocycles. The maximum Gasteiger partial charge on any atom is 0.305 e. The normalized spacial score (nSPS) is 12.7. The van der Waals surface area contributed by atoms with Gasteiger partial charge in [0.25, 0.3) is 0 Å². The first-order valence-electron chi connectivity index (χ1n) is 27.4. The van der Waals surface area contributed by atoms with Crippen molar-refractivity contribution in [1.29, 1.82) is 0 Å². The highest BCUT2D eigenvalue weighted by atomic mass is 16.5. The van der Waals surface area contributed by atoms with Crippen LogP contribution in [0.4, 0.5) is 0 Å². The van der Waals surface area contributed by atoms with Gasteiger partial charge in [-0.05, 0) is 51.4 Å². The smallest absolute Gasteiger partial charge is 0.305 e. The molecule has 0 aromatic heterocycles. The number of rotatable bonds is 51. The number of hydrogen-bond acceptors (Lipinski definition) is 5. The number of carbonyl (C=O) groups excluding carboxylic acids is 2. The van der Waals surface area contributed by atoms with Crippen LogP contribution in [0.25, 0.3) is 0 Å². The zero-order valence-corrected chi connectivity index (χ0v) is 41.2. The maximum absolute atomic E-state index is 12.4. The molecular formula is C55H107NO5. The Bertz CT molecular complexity index is 909. The summed E-state index contributed by atoms with van der Waals surface area (Å²) in [5.41, 5.74) is 0. The molecule has 0 fully saturated rings. The van der Waals surface area contributed by atoms with Gasteiger partial charge in [0.2, 0.25) is 5.91 Å². The quantitative estimate of drug-likeness (QED) is 0.0322. The molecule has 0 radical (unpaired) electrons. The number of ether oxygens (including phenoxy) is 1. The van der Waals surface area contributed by atoms with E-state index in [-0.39, 0.29) is 18.5 Å². The Hall–Kier alpha value is -1.40. The summed E-state index contributed by atoms with van der Waals surface area (Å²) in [6.45, 7) is 4.93. The lowest BCUT2D eigenvalue weighted by Crippen LogP contribution is -2.45. The third-order valence-electron chi connectivity index (χ3n) is 12.8. The third-order valence-corrected chi connectivity index (χ3v) is 12.8. The van der Waals surface area contributed by atoms with E-state index in [2.05, 4.69) is 31.3 Å². The van der Waals surface area contributed by atoms with Crippen molar-refractivity contribution in [1.82, 2.24) is 5.32 Å². The van der Waals surface area contributed by atoms with Crippen LogP contribution in [0.5, 0.6) is 0 Å². The van der Waals surface area contributed by atoms with Crippen molar-refractivity contribution >= 4 is 11.9 Å². The standard InChI is InChI=1S/C55H107NO5/c1-3-5-7-9-11-13-15-16-17-18-22-25-29-33-37-41-45-49-55(60)61-50-46-42-38-34-30-26-23-20-19-21-24-28-32-36-40-44-48-54(59)56-52(51-57)53(58)47-43-39-35-31-27-14-12-10-8-6-4-2/h19,21,52-53,57-58H,3-18,20,22-51H2,1-2H3,(H,56,59)/b21-19-. The summed E-state index contributed by atoms with van der Waals surface area (Å²) in [4.78, 5) is 24.5. The Balaban J connectivity index is 3.42. The van der Waals surface area contributed by atoms with Gasteiger partial charge in [-0.3, -0.25) is 9.59 Å². The van der Waals surface area contributed by atoms with Gasteiger partial charge >= 0.3 is 5.97 Å². The zero-order valence-electron chi connectivity index (χ0n) is 41.2. The second-order valence-corrected chi connectivity index (χ2v) is 18.9. The summed E-state index contributed by atoms with van der Waals surface area (Å²) in [6.07, 6.45) is 59.1. The van der Waals surface area contributed by atoms with Gasteiger partial charge in [0.05, 0.1) is 25.4 Å². The summed E-state index contributed by atoms with van der Waals surface area (Å²) in [5.74, 6) is -0.0510. The number of allylic oxidation sites excluding steroid dienone is 2. The van der Waals surface area contributed by atoms with Gasteiger partial charge in [0.1, 0.15) is 0 Å². The second kappa shape index (κ2) is 51.2. The van der Waals surface area contributed by atoms with E-state index < -0.39 is 12.1 Å². The van der Waals surface area contributed by atoms with E-state index in [9.17, 15) is 19.8 Å². The Kier molecular flexibility index (Phi) is 50.1. The maximum atomic E-state index is 12.4. The largest absolute Gasteiger partial charge is 0.466 e. The highest BCUT2D eigenvalue weighted by Crippen LogP contribution is 2.17. The molecule has 0 heterocycles. The molecule has 0 aliphatic carbocycles. The predicted molar refractivity (Wildman–Crippen MR) is 264 cm³/mol. The molecule has 0 aliphatic rings. The van der Waals surface area contributed by atoms with E-state index in [1.54, 1.807) is 0 Å². The second-order valence-electron chi connectivity index (χ2n) is 18.9. The van der Waals surface area contributed by atoms with E-state index in [4.69, 9.17) is 4.74 Å². The molecule has 0 bridgehead atoms. The van der Waals surface area contributed by atoms with Gasteiger partial charge in [0, 0.05) is 12.8 Å². The average Bonchev–Trinajstić information content (AvgIpc) is 3.26. The van der Waals surface area contributed by atoms with Crippen molar-refractivity contribution < 1.29 is 24.5 Å². The third kappa shape index (κ3) is 47.9. The zero-order chi connectivity index (χ0) is 44.4. The number of unbranched alkanes of at least 4 members (excludes halogenated alkanes) is 38. The first-order chi connectivity index (χ1) is 30.0. The van der Waals surface area contributed by atoms with Gasteiger partial charge in [-0.2, -0.15) is 0 Å². The molecule has 1 amide bonds. The number of esters is 1. The molecule has 0 aliphatic heterocycles. The molecule has 362 valence electrons. The van der Waals surface area contributed by atoms with Crippen molar-refractivity contribution in [2.45, 2.75) is 315 Å². The Morgan fingerprint density at radius 1 is 0.443 bits per heavy atom. The highest BCUT2D eigenvalue weighted by molar-refractivity contribution is 5.76. The minimum absolute atomic E-state index is 0.00126. The van der Waals surface area contributed by atoms with Crippen LogP contribution in [0.15, 0.2) is 12.2 Å². The fraction of sp³-hybridized carbons (Fsp3) is 0.927. The van der Waals surface area contributed by atoms with Crippen molar-refractivity contribution in [2.75, 3.05) is 13.2 Å². The van der Waals surface area contributed by atoms with Crippen LogP contribution in [-0.2, 0) is 14.3 Å². The molecule has 6 heteroatoms. The van der Waals surface area contributed by atoms with Crippen molar-refractivity contribution in [3.8, 4) is 0 Å². The molecule has 3 N–H and O–H groups in total. The van der Waals surface area contributed by atoms with Gasteiger partial charge in [-0.15, -0.1) is 0 Å². The lowest BCUT2D eigenvalue weighted by Gasteiger charge is -2.22. The van der Waals surface area contributed by atoms with Crippen LogP contribution in [0.2, 0.25) is 0 Å². The average molecular weight is 862 g/mol. The molecule has 6 nitrogen and oxygen atoms in total. The van der Waals surface area contributed by atoms with Crippen molar-refractivity contribution in [3.63, 3.8) is 0 Å². The molecule has 2 unspecified atom stereocenters. The first kappa shape index (κ1) is 59.6. The van der Waals surface area contributed by atoms with E-state index in [0.29, 0.717) is 25.9 Å². The summed E-state index contributed by atoms with van der Waals surface area (Å²) in [6, 6.07) is -0.551. The van der Waals surface area contributed by atoms with Gasteiger partial charge in [-0.1, -0.05) is 251 Å². The SMILES string of the molecule is CCCCCCCCCCCCCCCCCCCC(=O)OCCCCCCCCC/C=C\CCCCCCCC(=O)NC(CO)C(O)CCCCCCCCCCCCC. The molecule has 0 aromatic carbocycles. The van der Waals surface area contributed by atoms with Crippen LogP contribution >= 0.6 is 0 Å². The fourth-order valence-electron chi connectivity index (χ4n) is 8.58. The molecule has 0 saturated carbocycles. The monoisotopic (exact) mass is 862 g/mol. The van der Waals surface area contributed by atoms with Crippen LogP contribution in [0.3, 0.4) is 0 Å². The molecule has 0 spiro atoms. The van der Waals surface area contributed by atoms with Gasteiger partial charge < -0.3 is 20.3 Å².